The van der Waals surface area contributed by atoms with Crippen LogP contribution in [0.2, 0.25) is 0 Å². The molecule has 0 fully saturated rings. The van der Waals surface area contributed by atoms with E-state index in [0.29, 0.717) is 5.56 Å². The van der Waals surface area contributed by atoms with Gasteiger partial charge in [0.1, 0.15) is 6.10 Å². The summed E-state index contributed by atoms with van der Waals surface area (Å²) in [4.78, 5) is 36.2. The largest absolute Gasteiger partial charge is 0.467 e. The lowest BCUT2D eigenvalue weighted by Crippen LogP contribution is -2.28. The molecular weight excluding hydrogens is 358 g/mol. The average Bonchev–Trinajstić information content (AvgIpc) is 2.68. The van der Waals surface area contributed by atoms with Crippen molar-refractivity contribution >= 4 is 23.6 Å². The van der Waals surface area contributed by atoms with E-state index in [1.54, 1.807) is 0 Å². The molecule has 10 nitrogen and oxygen atoms in total. The number of methoxy groups -OCH3 is 1. The van der Waals surface area contributed by atoms with Crippen LogP contribution in [-0.4, -0.2) is 40.3 Å². The van der Waals surface area contributed by atoms with Crippen LogP contribution in [0.25, 0.3) is 0 Å². The van der Waals surface area contributed by atoms with Crippen LogP contribution in [0.3, 0.4) is 0 Å². The minimum absolute atomic E-state index is 0.0948. The first-order chi connectivity index (χ1) is 12.8. The number of aliphatic hydroxyl groups excluding tert-OH is 1. The van der Waals surface area contributed by atoms with Gasteiger partial charge in [-0.2, -0.15) is 0 Å². The summed E-state index contributed by atoms with van der Waals surface area (Å²) < 4.78 is 4.65. The first-order valence-corrected chi connectivity index (χ1v) is 7.61. The van der Waals surface area contributed by atoms with Gasteiger partial charge in [-0.3, -0.25) is 25.2 Å². The van der Waals surface area contributed by atoms with Gasteiger partial charge in [-0.05, 0) is 35.4 Å². The predicted octanol–water partition coefficient (Wildman–Crippen LogP) is 2.20. The fraction of sp³-hybridized carbons (Fsp3) is 0.176. The molecule has 0 radical (unpaired) electrons. The summed E-state index contributed by atoms with van der Waals surface area (Å²) >= 11 is 0. The van der Waals surface area contributed by atoms with Crippen LogP contribution in [-0.2, 0) is 9.53 Å². The van der Waals surface area contributed by atoms with Crippen LogP contribution in [0.5, 0.6) is 0 Å². The van der Waals surface area contributed by atoms with E-state index < -0.39 is 28.0 Å². The first kappa shape index (κ1) is 19.7. The fourth-order valence-corrected chi connectivity index (χ4v) is 2.22. The highest BCUT2D eigenvalue weighted by Crippen LogP contribution is 2.23. The zero-order chi connectivity index (χ0) is 20.0. The Hall–Kier alpha value is -3.66. The zero-order valence-corrected chi connectivity index (χ0v) is 14.1. The molecule has 0 saturated carbocycles. The van der Waals surface area contributed by atoms with E-state index in [9.17, 15) is 30.1 Å². The number of hydrogen-bond acceptors (Lipinski definition) is 8. The molecule has 0 amide bonds. The number of ether oxygens (including phenoxy) is 1. The van der Waals surface area contributed by atoms with Gasteiger partial charge in [-0.25, -0.2) is 4.79 Å². The Morgan fingerprint density at radius 3 is 1.96 bits per heavy atom. The number of nitrogens with zero attached hydrogens (tertiary/aromatic N) is 3. The second-order valence-corrected chi connectivity index (χ2v) is 5.39. The van der Waals surface area contributed by atoms with Crippen LogP contribution >= 0.6 is 0 Å². The van der Waals surface area contributed by atoms with Crippen molar-refractivity contribution in [3.63, 3.8) is 0 Å². The number of carbonyl (C=O) groups excluding carboxylic acids is 1. The fourth-order valence-electron chi connectivity index (χ4n) is 2.22. The molecule has 0 spiro atoms. The lowest BCUT2D eigenvalue weighted by molar-refractivity contribution is -0.385. The Kier molecular flexibility index (Phi) is 6.28. The molecule has 2 unspecified atom stereocenters. The normalized spacial score (nSPS) is 13.1. The minimum atomic E-state index is -1.40. The maximum Gasteiger partial charge on any atom is 0.333 e. The third-order valence-electron chi connectivity index (χ3n) is 3.68. The van der Waals surface area contributed by atoms with Crippen molar-refractivity contribution in [2.24, 2.45) is 4.99 Å². The Balaban J connectivity index is 2.24. The Morgan fingerprint density at radius 2 is 1.52 bits per heavy atom. The van der Waals surface area contributed by atoms with Gasteiger partial charge in [0, 0.05) is 30.5 Å². The summed E-state index contributed by atoms with van der Waals surface area (Å²) in [5, 5.41) is 31.8. The molecule has 140 valence electrons. The van der Waals surface area contributed by atoms with Crippen molar-refractivity contribution in [3.8, 4) is 0 Å². The Morgan fingerprint density at radius 1 is 1.04 bits per heavy atom. The van der Waals surface area contributed by atoms with E-state index in [1.165, 1.54) is 54.7 Å². The lowest BCUT2D eigenvalue weighted by Gasteiger charge is -2.17. The molecule has 0 aliphatic rings. The predicted molar refractivity (Wildman–Crippen MR) is 94.6 cm³/mol. The summed E-state index contributed by atoms with van der Waals surface area (Å²) in [6.07, 6.45) is -0.118. The maximum absolute atomic E-state index is 12.0. The molecule has 0 saturated heterocycles. The van der Waals surface area contributed by atoms with Gasteiger partial charge >= 0.3 is 5.97 Å². The van der Waals surface area contributed by atoms with Crippen LogP contribution in [0.15, 0.2) is 53.5 Å². The minimum Gasteiger partial charge on any atom is -0.467 e. The molecule has 0 bridgehead atoms. The van der Waals surface area contributed by atoms with Gasteiger partial charge < -0.3 is 9.84 Å². The summed E-state index contributed by atoms with van der Waals surface area (Å²) in [6.45, 7) is 0. The lowest BCUT2D eigenvalue weighted by atomic mass is 10.0. The summed E-state index contributed by atoms with van der Waals surface area (Å²) in [7, 11) is 1.14. The van der Waals surface area contributed by atoms with Crippen LogP contribution in [0.4, 0.5) is 11.4 Å². The number of carbonyl (C=O) groups is 1. The second kappa shape index (κ2) is 8.63. The van der Waals surface area contributed by atoms with E-state index >= 15 is 0 Å². The Labute approximate surface area is 153 Å². The molecule has 0 heterocycles. The van der Waals surface area contributed by atoms with Crippen molar-refractivity contribution in [1.82, 2.24) is 0 Å². The van der Waals surface area contributed by atoms with Gasteiger partial charge in [0.05, 0.1) is 17.0 Å². The first-order valence-electron chi connectivity index (χ1n) is 7.61. The molecule has 2 aromatic carbocycles. The number of benzene rings is 2. The van der Waals surface area contributed by atoms with Crippen LogP contribution in [0.1, 0.15) is 17.2 Å². The number of aliphatic imine (C=N–C) groups is 1. The van der Waals surface area contributed by atoms with E-state index in [2.05, 4.69) is 9.73 Å². The SMILES string of the molecule is COC(=O)C(N=Cc1ccc([N+](=O)[O-])cc1)C(O)c1ccc([N+](=O)[O-])cc1. The van der Waals surface area contributed by atoms with Gasteiger partial charge in [0.15, 0.2) is 6.04 Å². The third kappa shape index (κ3) is 4.92. The summed E-state index contributed by atoms with van der Waals surface area (Å²) in [5.41, 5.74) is 0.472. The highest BCUT2D eigenvalue weighted by atomic mass is 16.6. The van der Waals surface area contributed by atoms with Crippen molar-refractivity contribution in [2.75, 3.05) is 7.11 Å². The quantitative estimate of drug-likeness (QED) is 0.339. The Bertz CT molecular complexity index is 863. The third-order valence-corrected chi connectivity index (χ3v) is 3.68. The average molecular weight is 373 g/mol. The number of aliphatic hydroxyl groups is 1. The molecule has 2 aromatic rings. The van der Waals surface area contributed by atoms with Crippen LogP contribution in [0, 0.1) is 20.2 Å². The standard InChI is InChI=1S/C17H15N3O7/c1-27-17(22)15(16(21)12-4-8-14(9-5-12)20(25)26)18-10-11-2-6-13(7-3-11)19(23)24/h2-10,15-16,21H,1H3. The number of rotatable bonds is 7. The molecule has 0 aromatic heterocycles. The van der Waals surface area contributed by atoms with Gasteiger partial charge in [0.25, 0.3) is 11.4 Å². The molecule has 0 aliphatic heterocycles. The van der Waals surface area contributed by atoms with E-state index in [0.717, 1.165) is 7.11 Å². The molecule has 2 rings (SSSR count). The van der Waals surface area contributed by atoms with E-state index in [-0.39, 0.29) is 16.9 Å². The number of nitro benzene ring substituents is 2. The van der Waals surface area contributed by atoms with Gasteiger partial charge in [-0.15, -0.1) is 0 Å². The molecular formula is C17H15N3O7. The van der Waals surface area contributed by atoms with Gasteiger partial charge in [0.2, 0.25) is 0 Å². The highest BCUT2D eigenvalue weighted by Gasteiger charge is 2.28. The number of non-ortho nitro benzene ring substituents is 2. The summed E-state index contributed by atoms with van der Waals surface area (Å²) in [5.74, 6) is -0.806. The van der Waals surface area contributed by atoms with Crippen molar-refractivity contribution in [2.45, 2.75) is 12.1 Å². The zero-order valence-electron chi connectivity index (χ0n) is 14.1. The number of esters is 1. The monoisotopic (exact) mass is 373 g/mol. The van der Waals surface area contributed by atoms with Crippen molar-refractivity contribution < 1.29 is 24.5 Å². The van der Waals surface area contributed by atoms with Crippen molar-refractivity contribution in [1.29, 1.82) is 0 Å². The topological polar surface area (TPSA) is 145 Å². The van der Waals surface area contributed by atoms with Crippen LogP contribution < -0.4 is 0 Å². The molecule has 0 aliphatic carbocycles. The summed E-state index contributed by atoms with van der Waals surface area (Å²) in [6, 6.07) is 9.16. The smallest absolute Gasteiger partial charge is 0.333 e. The molecule has 27 heavy (non-hydrogen) atoms. The number of nitro groups is 2. The molecule has 1 N–H and O–H groups in total. The van der Waals surface area contributed by atoms with E-state index in [1.807, 2.05) is 0 Å². The molecule has 2 atom stereocenters. The second-order valence-electron chi connectivity index (χ2n) is 5.39. The number of hydrogen-bond donors (Lipinski definition) is 1. The van der Waals surface area contributed by atoms with Crippen molar-refractivity contribution in [3.05, 3.63) is 79.9 Å². The molecule has 10 heteroatoms. The highest BCUT2D eigenvalue weighted by molar-refractivity contribution is 5.84. The maximum atomic E-state index is 12.0. The van der Waals surface area contributed by atoms with Gasteiger partial charge in [-0.1, -0.05) is 0 Å². The van der Waals surface area contributed by atoms with E-state index in [4.69, 9.17) is 0 Å².